The summed E-state index contributed by atoms with van der Waals surface area (Å²) in [5.41, 5.74) is 4.06. The van der Waals surface area contributed by atoms with Crippen LogP contribution in [0.2, 0.25) is 0 Å². The molecule has 15 heavy (non-hydrogen) atoms. The van der Waals surface area contributed by atoms with Crippen LogP contribution in [0.1, 0.15) is 11.1 Å². The van der Waals surface area contributed by atoms with E-state index < -0.39 is 0 Å². The van der Waals surface area contributed by atoms with Gasteiger partial charge >= 0.3 is 0 Å². The van der Waals surface area contributed by atoms with E-state index in [4.69, 9.17) is 0 Å². The largest absolute Gasteiger partial charge is 0.384 e. The minimum absolute atomic E-state index is 0.995. The fourth-order valence-electron chi connectivity index (χ4n) is 1.83. The van der Waals surface area contributed by atoms with Gasteiger partial charge in [-0.3, -0.25) is 0 Å². The van der Waals surface area contributed by atoms with Crippen LogP contribution < -0.4 is 5.32 Å². The van der Waals surface area contributed by atoms with Gasteiger partial charge in [0.1, 0.15) is 0 Å². The van der Waals surface area contributed by atoms with Crippen LogP contribution >= 0.6 is 0 Å². The number of rotatable bonds is 3. The number of benzene rings is 1. The Labute approximate surface area is 91.6 Å². The van der Waals surface area contributed by atoms with Crippen molar-refractivity contribution in [2.45, 2.75) is 6.42 Å². The first-order valence-electron chi connectivity index (χ1n) is 5.44. The summed E-state index contributed by atoms with van der Waals surface area (Å²) < 4.78 is 0. The molecule has 80 valence electrons. The zero-order valence-corrected chi connectivity index (χ0v) is 9.46. The van der Waals surface area contributed by atoms with E-state index in [2.05, 4.69) is 54.7 Å². The van der Waals surface area contributed by atoms with Crippen molar-refractivity contribution >= 4 is 11.8 Å². The van der Waals surface area contributed by atoms with Crippen molar-refractivity contribution in [3.8, 4) is 0 Å². The molecule has 2 nitrogen and oxygen atoms in total. The second-order valence-corrected chi connectivity index (χ2v) is 4.26. The molecule has 1 N–H and O–H groups in total. The third-order valence-corrected chi connectivity index (χ3v) is 2.62. The summed E-state index contributed by atoms with van der Waals surface area (Å²) in [6, 6.07) is 6.63. The number of nitrogens with one attached hydrogen (secondary N) is 1. The molecule has 2 heteroatoms. The van der Waals surface area contributed by atoms with Gasteiger partial charge in [0.05, 0.1) is 0 Å². The van der Waals surface area contributed by atoms with E-state index in [0.29, 0.717) is 0 Å². The summed E-state index contributed by atoms with van der Waals surface area (Å²) in [5.74, 6) is 0. The Hall–Kier alpha value is -1.28. The average Bonchev–Trinajstić information content (AvgIpc) is 2.64. The quantitative estimate of drug-likeness (QED) is 0.808. The molecule has 0 spiro atoms. The van der Waals surface area contributed by atoms with Gasteiger partial charge in [-0.05, 0) is 43.8 Å². The van der Waals surface area contributed by atoms with E-state index in [-0.39, 0.29) is 0 Å². The second kappa shape index (κ2) is 4.49. The average molecular weight is 202 g/mol. The highest BCUT2D eigenvalue weighted by atomic mass is 15.0. The van der Waals surface area contributed by atoms with Crippen LogP contribution in [-0.4, -0.2) is 32.1 Å². The summed E-state index contributed by atoms with van der Waals surface area (Å²) >= 11 is 0. The van der Waals surface area contributed by atoms with Gasteiger partial charge in [-0.15, -0.1) is 0 Å². The summed E-state index contributed by atoms with van der Waals surface area (Å²) in [6.45, 7) is 2.08. The number of nitrogens with zero attached hydrogens (tertiary/aromatic N) is 1. The van der Waals surface area contributed by atoms with Gasteiger partial charge in [0.2, 0.25) is 0 Å². The molecular formula is C13H18N2. The van der Waals surface area contributed by atoms with Gasteiger partial charge in [-0.25, -0.2) is 0 Å². The van der Waals surface area contributed by atoms with Gasteiger partial charge in [-0.1, -0.05) is 18.2 Å². The minimum atomic E-state index is 0.995. The summed E-state index contributed by atoms with van der Waals surface area (Å²) in [5, 5.41) is 3.37. The predicted octanol–water partition coefficient (Wildman–Crippen LogP) is 2.23. The molecule has 1 aromatic carbocycles. The Balaban J connectivity index is 2.07. The lowest BCUT2D eigenvalue weighted by molar-refractivity contribution is 0.457. The molecule has 0 aliphatic carbocycles. The van der Waals surface area contributed by atoms with E-state index >= 15 is 0 Å². The molecular weight excluding hydrogens is 184 g/mol. The van der Waals surface area contributed by atoms with Crippen molar-refractivity contribution < 1.29 is 0 Å². The maximum atomic E-state index is 3.37. The molecule has 2 rings (SSSR count). The molecule has 1 heterocycles. The van der Waals surface area contributed by atoms with Crippen molar-refractivity contribution in [2.24, 2.45) is 0 Å². The topological polar surface area (TPSA) is 15.3 Å². The lowest BCUT2D eigenvalue weighted by Gasteiger charge is -2.04. The number of hydrogen-bond acceptors (Lipinski definition) is 2. The monoisotopic (exact) mass is 202 g/mol. The van der Waals surface area contributed by atoms with Crippen LogP contribution in [-0.2, 0) is 6.42 Å². The van der Waals surface area contributed by atoms with Crippen LogP contribution in [0.25, 0.3) is 6.08 Å². The first-order valence-corrected chi connectivity index (χ1v) is 5.44. The van der Waals surface area contributed by atoms with Crippen molar-refractivity contribution in [2.75, 3.05) is 32.5 Å². The van der Waals surface area contributed by atoms with E-state index in [1.165, 1.54) is 16.8 Å². The Kier molecular flexibility index (Phi) is 3.07. The fraction of sp³-hybridized carbons (Fsp3) is 0.385. The van der Waals surface area contributed by atoms with Crippen molar-refractivity contribution in [1.29, 1.82) is 0 Å². The predicted molar refractivity (Wildman–Crippen MR) is 66.2 cm³/mol. The molecule has 0 saturated heterocycles. The third kappa shape index (κ3) is 2.60. The highest BCUT2D eigenvalue weighted by Crippen LogP contribution is 2.23. The number of hydrogen-bond donors (Lipinski definition) is 1. The smallest absolute Gasteiger partial charge is 0.0373 e. The highest BCUT2D eigenvalue weighted by molar-refractivity contribution is 5.62. The zero-order valence-electron chi connectivity index (χ0n) is 9.46. The van der Waals surface area contributed by atoms with Gasteiger partial charge in [0.15, 0.2) is 0 Å². The van der Waals surface area contributed by atoms with Crippen LogP contribution in [0.3, 0.4) is 0 Å². The second-order valence-electron chi connectivity index (χ2n) is 4.26. The zero-order chi connectivity index (χ0) is 10.7. The molecule has 0 radical (unpaired) electrons. The van der Waals surface area contributed by atoms with Gasteiger partial charge < -0.3 is 10.2 Å². The molecule has 0 amide bonds. The molecule has 0 unspecified atom stereocenters. The maximum absolute atomic E-state index is 3.37. The molecule has 0 fully saturated rings. The van der Waals surface area contributed by atoms with Crippen molar-refractivity contribution in [1.82, 2.24) is 4.90 Å². The Morgan fingerprint density at radius 1 is 1.40 bits per heavy atom. The Bertz CT molecular complexity index is 367. The molecule has 0 aromatic heterocycles. The van der Waals surface area contributed by atoms with Crippen LogP contribution in [0, 0.1) is 0 Å². The Morgan fingerprint density at radius 3 is 3.07 bits per heavy atom. The molecule has 0 bridgehead atoms. The van der Waals surface area contributed by atoms with Crippen LogP contribution in [0.15, 0.2) is 24.3 Å². The van der Waals surface area contributed by atoms with E-state index in [1.807, 2.05) is 0 Å². The number of likely N-dealkylation sites (N-methyl/N-ethyl adjacent to an activating group) is 1. The van der Waals surface area contributed by atoms with Crippen molar-refractivity contribution in [3.63, 3.8) is 0 Å². The summed E-state index contributed by atoms with van der Waals surface area (Å²) in [4.78, 5) is 2.16. The maximum Gasteiger partial charge on any atom is 0.0373 e. The molecule has 0 saturated carbocycles. The minimum Gasteiger partial charge on any atom is -0.384 e. The third-order valence-electron chi connectivity index (χ3n) is 2.62. The highest BCUT2D eigenvalue weighted by Gasteiger charge is 2.08. The normalized spacial score (nSPS) is 14.6. The van der Waals surface area contributed by atoms with E-state index in [0.717, 1.165) is 19.5 Å². The number of fused-ring (bicyclic) bond motifs is 1. The van der Waals surface area contributed by atoms with Gasteiger partial charge in [-0.2, -0.15) is 0 Å². The van der Waals surface area contributed by atoms with Gasteiger partial charge in [0.25, 0.3) is 0 Å². The fourth-order valence-corrected chi connectivity index (χ4v) is 1.83. The van der Waals surface area contributed by atoms with Gasteiger partial charge in [0, 0.05) is 18.8 Å². The first kappa shape index (κ1) is 10.2. The van der Waals surface area contributed by atoms with E-state index in [9.17, 15) is 0 Å². The van der Waals surface area contributed by atoms with E-state index in [1.54, 1.807) is 0 Å². The molecule has 1 aromatic rings. The SMILES string of the molecule is CN(C)CC=Cc1ccc2c(c1)CCN2. The molecule has 1 aliphatic rings. The summed E-state index contributed by atoms with van der Waals surface area (Å²) in [6.07, 6.45) is 5.55. The Morgan fingerprint density at radius 2 is 2.27 bits per heavy atom. The lowest BCUT2D eigenvalue weighted by Crippen LogP contribution is -2.10. The van der Waals surface area contributed by atoms with Crippen LogP contribution in [0.4, 0.5) is 5.69 Å². The van der Waals surface area contributed by atoms with Crippen molar-refractivity contribution in [3.05, 3.63) is 35.4 Å². The molecule has 0 atom stereocenters. The first-order chi connectivity index (χ1) is 7.25. The standard InChI is InChI=1S/C13H18N2/c1-15(2)9-3-4-11-5-6-13-12(10-11)7-8-14-13/h3-6,10,14H,7-9H2,1-2H3. The molecule has 1 aliphatic heterocycles. The van der Waals surface area contributed by atoms with Crippen LogP contribution in [0.5, 0.6) is 0 Å². The summed E-state index contributed by atoms with van der Waals surface area (Å²) in [7, 11) is 4.16. The number of anilines is 1. The lowest BCUT2D eigenvalue weighted by atomic mass is 10.1.